The number of sulfone groups is 1. The smallest absolute Gasteiger partial charge is 0.152 e. The number of nitrogens with zero attached hydrogens (tertiary/aromatic N) is 2. The second-order valence-corrected chi connectivity index (χ2v) is 7.18. The number of amidine groups is 1. The Hall–Kier alpha value is -1.34. The van der Waals surface area contributed by atoms with Crippen LogP contribution in [0.25, 0.3) is 0 Å². The summed E-state index contributed by atoms with van der Waals surface area (Å²) >= 11 is 6.17. The largest absolute Gasteiger partial charge is 0.384 e. The van der Waals surface area contributed by atoms with E-state index in [9.17, 15) is 8.42 Å². The fourth-order valence-corrected chi connectivity index (χ4v) is 4.26. The highest BCUT2D eigenvalue weighted by atomic mass is 35.5. The standard InChI is InChI=1S/C11H15ClN4O2S/c1-16(7-3-5-19(17,18)6-7)11-9(12)8(10(13)14)2-4-15-11/h2,4,7H,3,5-6H2,1H3,(H3,13,14). The number of hydrogen-bond acceptors (Lipinski definition) is 5. The molecule has 1 unspecified atom stereocenters. The summed E-state index contributed by atoms with van der Waals surface area (Å²) in [4.78, 5) is 5.91. The maximum Gasteiger partial charge on any atom is 0.152 e. The molecule has 6 nitrogen and oxygen atoms in total. The van der Waals surface area contributed by atoms with Gasteiger partial charge in [0.1, 0.15) is 11.7 Å². The summed E-state index contributed by atoms with van der Waals surface area (Å²) in [6.45, 7) is 0. The summed E-state index contributed by atoms with van der Waals surface area (Å²) in [5, 5.41) is 7.72. The van der Waals surface area contributed by atoms with Crippen molar-refractivity contribution in [2.75, 3.05) is 23.5 Å². The van der Waals surface area contributed by atoms with Gasteiger partial charge in [0.05, 0.1) is 16.5 Å². The Morgan fingerprint density at radius 1 is 1.63 bits per heavy atom. The first-order valence-electron chi connectivity index (χ1n) is 5.74. The predicted octanol–water partition coefficient (Wildman–Crippen LogP) is 0.642. The molecule has 1 aromatic heterocycles. The van der Waals surface area contributed by atoms with Crippen molar-refractivity contribution in [3.63, 3.8) is 0 Å². The zero-order valence-electron chi connectivity index (χ0n) is 10.4. The Bertz CT molecular complexity index is 617. The van der Waals surface area contributed by atoms with Gasteiger partial charge in [-0.1, -0.05) is 11.6 Å². The van der Waals surface area contributed by atoms with Gasteiger partial charge in [-0.2, -0.15) is 0 Å². The molecule has 1 aliphatic heterocycles. The van der Waals surface area contributed by atoms with Crippen molar-refractivity contribution >= 4 is 33.1 Å². The van der Waals surface area contributed by atoms with Gasteiger partial charge in [-0.25, -0.2) is 13.4 Å². The van der Waals surface area contributed by atoms with Crippen LogP contribution in [0.2, 0.25) is 5.02 Å². The molecule has 0 bridgehead atoms. The summed E-state index contributed by atoms with van der Waals surface area (Å²) in [6.07, 6.45) is 2.07. The van der Waals surface area contributed by atoms with Crippen LogP contribution >= 0.6 is 11.6 Å². The van der Waals surface area contributed by atoms with Gasteiger partial charge < -0.3 is 10.6 Å². The van der Waals surface area contributed by atoms with E-state index in [-0.39, 0.29) is 28.4 Å². The van der Waals surface area contributed by atoms with E-state index in [1.807, 2.05) is 0 Å². The first-order valence-corrected chi connectivity index (χ1v) is 7.94. The van der Waals surface area contributed by atoms with Gasteiger partial charge >= 0.3 is 0 Å². The fourth-order valence-electron chi connectivity index (χ4n) is 2.14. The Kier molecular flexibility index (Phi) is 3.69. The molecule has 2 heterocycles. The molecule has 104 valence electrons. The van der Waals surface area contributed by atoms with Gasteiger partial charge in [-0.3, -0.25) is 5.41 Å². The highest BCUT2D eigenvalue weighted by Crippen LogP contribution is 2.29. The van der Waals surface area contributed by atoms with E-state index in [4.69, 9.17) is 22.7 Å². The van der Waals surface area contributed by atoms with Crippen LogP contribution in [0.4, 0.5) is 5.82 Å². The lowest BCUT2D eigenvalue weighted by atomic mass is 10.2. The summed E-state index contributed by atoms with van der Waals surface area (Å²) in [5.41, 5.74) is 5.84. The number of rotatable bonds is 3. The van der Waals surface area contributed by atoms with E-state index < -0.39 is 9.84 Å². The molecule has 0 spiro atoms. The van der Waals surface area contributed by atoms with Crippen molar-refractivity contribution in [1.29, 1.82) is 5.41 Å². The molecule has 1 aliphatic rings. The molecule has 0 saturated carbocycles. The van der Waals surface area contributed by atoms with E-state index in [1.165, 1.54) is 6.20 Å². The second kappa shape index (κ2) is 4.97. The van der Waals surface area contributed by atoms with E-state index in [0.29, 0.717) is 17.8 Å². The summed E-state index contributed by atoms with van der Waals surface area (Å²) < 4.78 is 23.0. The average Bonchev–Trinajstić information content (AvgIpc) is 2.69. The van der Waals surface area contributed by atoms with Crippen molar-refractivity contribution in [1.82, 2.24) is 4.98 Å². The molecule has 0 amide bonds. The summed E-state index contributed by atoms with van der Waals surface area (Å²) in [6, 6.07) is 1.42. The lowest BCUT2D eigenvalue weighted by Crippen LogP contribution is -2.33. The molecular weight excluding hydrogens is 288 g/mol. The van der Waals surface area contributed by atoms with Crippen molar-refractivity contribution in [3.05, 3.63) is 22.8 Å². The maximum absolute atomic E-state index is 11.5. The van der Waals surface area contributed by atoms with Crippen molar-refractivity contribution in [2.45, 2.75) is 12.5 Å². The molecule has 0 radical (unpaired) electrons. The lowest BCUT2D eigenvalue weighted by molar-refractivity contribution is 0.600. The number of pyridine rings is 1. The number of nitrogens with one attached hydrogen (secondary N) is 1. The number of aromatic nitrogens is 1. The Morgan fingerprint density at radius 2 is 2.32 bits per heavy atom. The third-order valence-corrected chi connectivity index (χ3v) is 5.37. The van der Waals surface area contributed by atoms with Gasteiger partial charge in [-0.05, 0) is 12.5 Å². The molecule has 1 aromatic rings. The van der Waals surface area contributed by atoms with Crippen molar-refractivity contribution < 1.29 is 8.42 Å². The lowest BCUT2D eigenvalue weighted by Gasteiger charge is -2.25. The Labute approximate surface area is 117 Å². The van der Waals surface area contributed by atoms with Crippen LogP contribution in [-0.2, 0) is 9.84 Å². The van der Waals surface area contributed by atoms with Crippen LogP contribution in [-0.4, -0.2) is 43.8 Å². The second-order valence-electron chi connectivity index (χ2n) is 4.58. The minimum Gasteiger partial charge on any atom is -0.384 e. The van der Waals surface area contributed by atoms with Gasteiger partial charge in [0.2, 0.25) is 0 Å². The van der Waals surface area contributed by atoms with Crippen LogP contribution < -0.4 is 10.6 Å². The topological polar surface area (TPSA) is 100 Å². The first kappa shape index (κ1) is 14.1. The van der Waals surface area contributed by atoms with Gasteiger partial charge in [-0.15, -0.1) is 0 Å². The zero-order chi connectivity index (χ0) is 14.2. The van der Waals surface area contributed by atoms with Gasteiger partial charge in [0.25, 0.3) is 0 Å². The minimum atomic E-state index is -2.97. The normalized spacial score (nSPS) is 21.3. The number of hydrogen-bond donors (Lipinski definition) is 2. The van der Waals surface area contributed by atoms with Crippen LogP contribution in [0.1, 0.15) is 12.0 Å². The fraction of sp³-hybridized carbons (Fsp3) is 0.455. The predicted molar refractivity (Wildman–Crippen MR) is 75.7 cm³/mol. The van der Waals surface area contributed by atoms with Gasteiger partial charge in [0, 0.05) is 24.8 Å². The molecule has 8 heteroatoms. The van der Waals surface area contributed by atoms with E-state index in [0.717, 1.165) is 0 Å². The molecule has 19 heavy (non-hydrogen) atoms. The molecule has 0 aliphatic carbocycles. The van der Waals surface area contributed by atoms with Crippen molar-refractivity contribution in [3.8, 4) is 0 Å². The molecule has 1 fully saturated rings. The summed E-state index contributed by atoms with van der Waals surface area (Å²) in [7, 11) is -1.21. The first-order chi connectivity index (χ1) is 8.82. The third-order valence-electron chi connectivity index (χ3n) is 3.25. The van der Waals surface area contributed by atoms with E-state index in [2.05, 4.69) is 4.98 Å². The highest BCUT2D eigenvalue weighted by molar-refractivity contribution is 7.91. The minimum absolute atomic E-state index is 0.103. The van der Waals surface area contributed by atoms with Crippen LogP contribution in [0.3, 0.4) is 0 Å². The molecule has 1 atom stereocenters. The molecular formula is C11H15ClN4O2S. The monoisotopic (exact) mass is 302 g/mol. The number of nitrogens with two attached hydrogens (primary N) is 1. The zero-order valence-corrected chi connectivity index (χ0v) is 12.0. The average molecular weight is 303 g/mol. The van der Waals surface area contributed by atoms with Gasteiger partial charge in [0.15, 0.2) is 9.84 Å². The highest BCUT2D eigenvalue weighted by Gasteiger charge is 2.32. The molecule has 2 rings (SSSR count). The van der Waals surface area contributed by atoms with Crippen LogP contribution in [0.5, 0.6) is 0 Å². The molecule has 1 saturated heterocycles. The number of halogens is 1. The van der Waals surface area contributed by atoms with E-state index >= 15 is 0 Å². The van der Waals surface area contributed by atoms with Crippen molar-refractivity contribution in [2.24, 2.45) is 5.73 Å². The number of nitrogen functional groups attached to an aromatic ring is 1. The SMILES string of the molecule is CN(c1nccc(C(=N)N)c1Cl)C1CCS(=O)(=O)C1. The van der Waals surface area contributed by atoms with Crippen LogP contribution in [0, 0.1) is 5.41 Å². The Balaban J connectivity index is 2.32. The molecule has 3 N–H and O–H groups in total. The number of anilines is 1. The Morgan fingerprint density at radius 3 is 2.84 bits per heavy atom. The summed E-state index contributed by atoms with van der Waals surface area (Å²) in [5.74, 6) is 0.607. The maximum atomic E-state index is 11.5. The quantitative estimate of drug-likeness (QED) is 0.630. The third kappa shape index (κ3) is 2.82. The molecule has 0 aromatic carbocycles. The van der Waals surface area contributed by atoms with Crippen LogP contribution in [0.15, 0.2) is 12.3 Å². The van der Waals surface area contributed by atoms with E-state index in [1.54, 1.807) is 18.0 Å².